The second kappa shape index (κ2) is 7.36. The highest BCUT2D eigenvalue weighted by Gasteiger charge is 2.30. The number of aryl methyl sites for hydroxylation is 1. The fourth-order valence-electron chi connectivity index (χ4n) is 2.28. The molecular weight excluding hydrogens is 382 g/mol. The number of carbonyl (C=O) groups excluding carboxylic acids is 1. The maximum Gasteiger partial charge on any atom is 0.416 e. The van der Waals surface area contributed by atoms with E-state index in [1.54, 1.807) is 6.92 Å². The van der Waals surface area contributed by atoms with Crippen LogP contribution in [0.1, 0.15) is 20.9 Å². The Morgan fingerprint density at radius 1 is 1.07 bits per heavy atom. The smallest absolute Gasteiger partial charge is 0.332 e. The first kappa shape index (κ1) is 18.8. The zero-order chi connectivity index (χ0) is 19.6. The molecule has 2 N–H and O–H groups in total. The van der Waals surface area contributed by atoms with Crippen molar-refractivity contribution >= 4 is 33.8 Å². The first-order valence-electron chi connectivity index (χ1n) is 7.71. The van der Waals surface area contributed by atoms with Gasteiger partial charge >= 0.3 is 6.18 Å². The van der Waals surface area contributed by atoms with E-state index in [0.29, 0.717) is 16.5 Å². The van der Waals surface area contributed by atoms with E-state index >= 15 is 0 Å². The van der Waals surface area contributed by atoms with Gasteiger partial charge in [-0.15, -0.1) is 0 Å². The van der Waals surface area contributed by atoms with Crippen LogP contribution >= 0.6 is 11.3 Å². The first-order chi connectivity index (χ1) is 12.7. The minimum absolute atomic E-state index is 0.0377. The van der Waals surface area contributed by atoms with Gasteiger partial charge in [0.15, 0.2) is 5.13 Å². The molecule has 0 unspecified atom stereocenters. The van der Waals surface area contributed by atoms with Crippen LogP contribution in [0.25, 0.3) is 0 Å². The number of thiazole rings is 1. The molecule has 1 amide bonds. The van der Waals surface area contributed by atoms with E-state index in [1.165, 1.54) is 36.4 Å². The predicted molar refractivity (Wildman–Crippen MR) is 95.9 cm³/mol. The Labute approximate surface area is 155 Å². The molecule has 0 saturated heterocycles. The van der Waals surface area contributed by atoms with Gasteiger partial charge in [-0.2, -0.15) is 13.2 Å². The molecule has 140 valence electrons. The molecule has 1 aromatic heterocycles. The maximum absolute atomic E-state index is 12.9. The molecule has 4 nitrogen and oxygen atoms in total. The number of rotatable bonds is 4. The fraction of sp³-hybridized carbons (Fsp3) is 0.111. The highest BCUT2D eigenvalue weighted by molar-refractivity contribution is 7.17. The van der Waals surface area contributed by atoms with Crippen LogP contribution in [0.2, 0.25) is 0 Å². The summed E-state index contributed by atoms with van der Waals surface area (Å²) in [5.41, 5.74) is 0.208. The monoisotopic (exact) mass is 395 g/mol. The number of hydrogen-bond acceptors (Lipinski definition) is 4. The number of aromatic nitrogens is 1. The number of anilines is 3. The zero-order valence-electron chi connectivity index (χ0n) is 13.9. The van der Waals surface area contributed by atoms with Crippen LogP contribution in [-0.2, 0) is 6.18 Å². The van der Waals surface area contributed by atoms with Gasteiger partial charge in [0.05, 0.1) is 11.3 Å². The van der Waals surface area contributed by atoms with Crippen LogP contribution in [0.5, 0.6) is 0 Å². The second-order valence-electron chi connectivity index (χ2n) is 5.60. The summed E-state index contributed by atoms with van der Waals surface area (Å²) in [4.78, 5) is 16.9. The summed E-state index contributed by atoms with van der Waals surface area (Å²) in [6, 6.07) is 10.0. The molecule has 3 aromatic rings. The van der Waals surface area contributed by atoms with Gasteiger partial charge in [-0.25, -0.2) is 9.37 Å². The SMILES string of the molecule is Cc1nc(Nc2ccc(F)cc2)sc1C(=O)Nc1cccc(C(F)(F)F)c1. The van der Waals surface area contributed by atoms with Gasteiger partial charge in [-0.3, -0.25) is 4.79 Å². The summed E-state index contributed by atoms with van der Waals surface area (Å²) in [7, 11) is 0. The summed E-state index contributed by atoms with van der Waals surface area (Å²) < 4.78 is 51.3. The van der Waals surface area contributed by atoms with Crippen LogP contribution in [0.3, 0.4) is 0 Å². The van der Waals surface area contributed by atoms with Gasteiger partial charge in [-0.1, -0.05) is 17.4 Å². The summed E-state index contributed by atoms with van der Waals surface area (Å²) >= 11 is 1.05. The van der Waals surface area contributed by atoms with Gasteiger partial charge in [0.2, 0.25) is 0 Å². The minimum atomic E-state index is -4.49. The predicted octanol–water partition coefficient (Wildman–Crippen LogP) is 5.61. The summed E-state index contributed by atoms with van der Waals surface area (Å²) in [6.07, 6.45) is -4.49. The quantitative estimate of drug-likeness (QED) is 0.565. The fourth-order valence-corrected chi connectivity index (χ4v) is 3.16. The molecule has 0 aliphatic heterocycles. The van der Waals surface area contributed by atoms with Gasteiger partial charge in [0.25, 0.3) is 5.91 Å². The largest absolute Gasteiger partial charge is 0.416 e. The standard InChI is InChI=1S/C18H13F4N3OS/c1-10-15(27-17(23-10)25-13-7-5-12(19)6-8-13)16(26)24-14-4-2-3-11(9-14)18(20,21)22/h2-9H,1H3,(H,23,25)(H,24,26). The number of hydrogen-bond donors (Lipinski definition) is 2. The Bertz CT molecular complexity index is 967. The molecule has 0 saturated carbocycles. The van der Waals surface area contributed by atoms with E-state index in [9.17, 15) is 22.4 Å². The Morgan fingerprint density at radius 2 is 1.78 bits per heavy atom. The molecule has 2 aromatic carbocycles. The summed E-state index contributed by atoms with van der Waals surface area (Å²) in [5.74, 6) is -0.937. The molecule has 1 heterocycles. The molecule has 27 heavy (non-hydrogen) atoms. The van der Waals surface area contributed by atoms with Crippen molar-refractivity contribution < 1.29 is 22.4 Å². The number of alkyl halides is 3. The maximum atomic E-state index is 12.9. The average Bonchev–Trinajstić information content (AvgIpc) is 2.97. The minimum Gasteiger partial charge on any atom is -0.332 e. The van der Waals surface area contributed by atoms with Gasteiger partial charge in [0, 0.05) is 11.4 Å². The zero-order valence-corrected chi connectivity index (χ0v) is 14.7. The number of amides is 1. The van der Waals surface area contributed by atoms with Gasteiger partial charge < -0.3 is 10.6 Å². The number of nitrogens with zero attached hydrogens (tertiary/aromatic N) is 1. The van der Waals surface area contributed by atoms with Crippen molar-refractivity contribution in [3.63, 3.8) is 0 Å². The van der Waals surface area contributed by atoms with Crippen molar-refractivity contribution in [1.29, 1.82) is 0 Å². The van der Waals surface area contributed by atoms with E-state index in [-0.39, 0.29) is 16.4 Å². The van der Waals surface area contributed by atoms with Crippen molar-refractivity contribution in [1.82, 2.24) is 4.98 Å². The summed E-state index contributed by atoms with van der Waals surface area (Å²) in [5, 5.41) is 5.81. The van der Waals surface area contributed by atoms with Crippen LogP contribution in [-0.4, -0.2) is 10.9 Å². The molecule has 0 atom stereocenters. The molecule has 0 radical (unpaired) electrons. The molecule has 0 aliphatic rings. The van der Waals surface area contributed by atoms with E-state index < -0.39 is 17.6 Å². The molecule has 0 bridgehead atoms. The van der Waals surface area contributed by atoms with Crippen molar-refractivity contribution in [3.05, 3.63) is 70.5 Å². The van der Waals surface area contributed by atoms with Crippen molar-refractivity contribution in [3.8, 4) is 0 Å². The topological polar surface area (TPSA) is 54.0 Å². The highest BCUT2D eigenvalue weighted by Crippen LogP contribution is 2.31. The van der Waals surface area contributed by atoms with Crippen LogP contribution in [0, 0.1) is 12.7 Å². The first-order valence-corrected chi connectivity index (χ1v) is 8.52. The molecule has 9 heteroatoms. The van der Waals surface area contributed by atoms with Gasteiger partial charge in [-0.05, 0) is 49.4 Å². The van der Waals surface area contributed by atoms with Crippen molar-refractivity contribution in [2.24, 2.45) is 0 Å². The molecular formula is C18H13F4N3OS. The normalized spacial score (nSPS) is 11.3. The Balaban J connectivity index is 1.76. The van der Waals surface area contributed by atoms with Crippen LogP contribution in [0.15, 0.2) is 48.5 Å². The Morgan fingerprint density at radius 3 is 2.44 bits per heavy atom. The molecule has 0 aliphatic carbocycles. The Kier molecular flexibility index (Phi) is 5.13. The number of nitrogens with one attached hydrogen (secondary N) is 2. The van der Waals surface area contributed by atoms with E-state index in [2.05, 4.69) is 15.6 Å². The lowest BCUT2D eigenvalue weighted by Gasteiger charge is -2.09. The molecule has 0 fully saturated rings. The summed E-state index contributed by atoms with van der Waals surface area (Å²) in [6.45, 7) is 1.62. The third kappa shape index (κ3) is 4.62. The van der Waals surface area contributed by atoms with Crippen molar-refractivity contribution in [2.75, 3.05) is 10.6 Å². The molecule has 3 rings (SSSR count). The highest BCUT2D eigenvalue weighted by atomic mass is 32.1. The lowest BCUT2D eigenvalue weighted by molar-refractivity contribution is -0.137. The van der Waals surface area contributed by atoms with E-state index in [1.807, 2.05) is 0 Å². The average molecular weight is 395 g/mol. The lowest BCUT2D eigenvalue weighted by Crippen LogP contribution is -2.13. The van der Waals surface area contributed by atoms with Crippen LogP contribution < -0.4 is 10.6 Å². The number of carbonyl (C=O) groups is 1. The number of halogens is 4. The van der Waals surface area contributed by atoms with Crippen LogP contribution in [0.4, 0.5) is 34.1 Å². The third-order valence-electron chi connectivity index (χ3n) is 3.55. The lowest BCUT2D eigenvalue weighted by atomic mass is 10.2. The Hall–Kier alpha value is -2.94. The van der Waals surface area contributed by atoms with Gasteiger partial charge in [0.1, 0.15) is 10.7 Å². The number of benzene rings is 2. The van der Waals surface area contributed by atoms with E-state index in [0.717, 1.165) is 23.5 Å². The third-order valence-corrected chi connectivity index (χ3v) is 4.62. The van der Waals surface area contributed by atoms with E-state index in [4.69, 9.17) is 0 Å². The second-order valence-corrected chi connectivity index (χ2v) is 6.60. The van der Waals surface area contributed by atoms with Crippen molar-refractivity contribution in [2.45, 2.75) is 13.1 Å². The molecule has 0 spiro atoms.